The highest BCUT2D eigenvalue weighted by Crippen LogP contribution is 2.29. The number of nitrogens with one attached hydrogen (secondary N) is 1. The van der Waals surface area contributed by atoms with Gasteiger partial charge in [0.15, 0.2) is 0 Å². The van der Waals surface area contributed by atoms with E-state index in [1.807, 2.05) is 57.1 Å². The van der Waals surface area contributed by atoms with Gasteiger partial charge in [0.2, 0.25) is 10.0 Å². The van der Waals surface area contributed by atoms with Crippen molar-refractivity contribution >= 4 is 32.2 Å². The van der Waals surface area contributed by atoms with Crippen LogP contribution in [0.1, 0.15) is 13.8 Å². The van der Waals surface area contributed by atoms with Crippen molar-refractivity contribution in [3.8, 4) is 0 Å². The second kappa shape index (κ2) is 7.63. The SMILES string of the molecule is CC(C)=NOCCNS(=O)(=O)c1cccc2c(N(C)C)cccc12. The number of sulfonamides is 1. The van der Waals surface area contributed by atoms with Gasteiger partial charge in [0.25, 0.3) is 0 Å². The first-order valence-electron chi connectivity index (χ1n) is 7.65. The van der Waals surface area contributed by atoms with Gasteiger partial charge in [0, 0.05) is 37.1 Å². The zero-order chi connectivity index (χ0) is 17.7. The average molecular weight is 349 g/mol. The highest BCUT2D eigenvalue weighted by atomic mass is 32.2. The third kappa shape index (κ3) is 4.24. The monoisotopic (exact) mass is 349 g/mol. The fraction of sp³-hybridized carbons (Fsp3) is 0.353. The molecule has 6 nitrogen and oxygen atoms in total. The highest BCUT2D eigenvalue weighted by molar-refractivity contribution is 7.89. The number of benzene rings is 2. The Bertz CT molecular complexity index is 841. The molecule has 7 heteroatoms. The molecule has 0 aliphatic rings. The Morgan fingerprint density at radius 1 is 1.12 bits per heavy atom. The van der Waals surface area contributed by atoms with Gasteiger partial charge < -0.3 is 9.74 Å². The average Bonchev–Trinajstić information content (AvgIpc) is 2.52. The molecule has 1 N–H and O–H groups in total. The topological polar surface area (TPSA) is 71.0 Å². The van der Waals surface area contributed by atoms with Crippen LogP contribution in [0.4, 0.5) is 5.69 Å². The minimum atomic E-state index is -3.63. The summed E-state index contributed by atoms with van der Waals surface area (Å²) in [5.41, 5.74) is 1.75. The van der Waals surface area contributed by atoms with Crippen molar-refractivity contribution < 1.29 is 13.3 Å². The Morgan fingerprint density at radius 3 is 2.46 bits per heavy atom. The molecule has 0 unspecified atom stereocenters. The van der Waals surface area contributed by atoms with Gasteiger partial charge in [-0.1, -0.05) is 29.4 Å². The molecule has 0 fully saturated rings. The van der Waals surface area contributed by atoms with Crippen LogP contribution in [0.3, 0.4) is 0 Å². The summed E-state index contributed by atoms with van der Waals surface area (Å²) in [4.78, 5) is 7.24. The standard InChI is InChI=1S/C17H23N3O3S/c1-13(2)19-23-12-11-18-24(21,22)17-10-6-7-14-15(17)8-5-9-16(14)20(3)4/h5-10,18H,11-12H2,1-4H3. The molecule has 0 saturated heterocycles. The Hall–Kier alpha value is -2.12. The fourth-order valence-electron chi connectivity index (χ4n) is 2.36. The van der Waals surface area contributed by atoms with Crippen LogP contribution < -0.4 is 9.62 Å². The van der Waals surface area contributed by atoms with E-state index in [-0.39, 0.29) is 18.0 Å². The summed E-state index contributed by atoms with van der Waals surface area (Å²) in [6, 6.07) is 10.9. The minimum Gasteiger partial charge on any atom is -0.394 e. The molecular weight excluding hydrogens is 326 g/mol. The van der Waals surface area contributed by atoms with Crippen molar-refractivity contribution in [3.63, 3.8) is 0 Å². The van der Waals surface area contributed by atoms with E-state index >= 15 is 0 Å². The maximum atomic E-state index is 12.6. The summed E-state index contributed by atoms with van der Waals surface area (Å²) in [6.45, 7) is 3.95. The van der Waals surface area contributed by atoms with Crippen LogP contribution >= 0.6 is 0 Å². The predicted octanol–water partition coefficient (Wildman–Crippen LogP) is 2.60. The minimum absolute atomic E-state index is 0.156. The maximum absolute atomic E-state index is 12.6. The molecule has 0 bridgehead atoms. The molecule has 0 aromatic heterocycles. The zero-order valence-corrected chi connectivity index (χ0v) is 15.2. The van der Waals surface area contributed by atoms with E-state index in [1.54, 1.807) is 12.1 Å². The molecule has 2 aromatic rings. The van der Waals surface area contributed by atoms with Gasteiger partial charge >= 0.3 is 0 Å². The molecule has 0 spiro atoms. The van der Waals surface area contributed by atoms with Gasteiger partial charge in [-0.15, -0.1) is 0 Å². The second-order valence-corrected chi connectivity index (χ2v) is 7.53. The summed E-state index contributed by atoms with van der Waals surface area (Å²) in [5, 5.41) is 5.36. The third-order valence-electron chi connectivity index (χ3n) is 3.36. The van der Waals surface area contributed by atoms with Gasteiger partial charge in [-0.3, -0.25) is 0 Å². The van der Waals surface area contributed by atoms with E-state index in [1.165, 1.54) is 0 Å². The van der Waals surface area contributed by atoms with Gasteiger partial charge in [-0.2, -0.15) is 0 Å². The molecule has 130 valence electrons. The molecule has 0 amide bonds. The first-order valence-corrected chi connectivity index (χ1v) is 9.13. The van der Waals surface area contributed by atoms with Gasteiger partial charge in [0.1, 0.15) is 6.61 Å². The Balaban J connectivity index is 2.27. The lowest BCUT2D eigenvalue weighted by Gasteiger charge is -2.17. The van der Waals surface area contributed by atoms with E-state index in [0.717, 1.165) is 16.8 Å². The molecule has 0 aliphatic heterocycles. The van der Waals surface area contributed by atoms with E-state index < -0.39 is 10.0 Å². The van der Waals surface area contributed by atoms with Crippen molar-refractivity contribution in [2.45, 2.75) is 18.7 Å². The fourth-order valence-corrected chi connectivity index (χ4v) is 3.60. The normalized spacial score (nSPS) is 11.3. The van der Waals surface area contributed by atoms with Crippen LogP contribution in [0, 0.1) is 0 Å². The highest BCUT2D eigenvalue weighted by Gasteiger charge is 2.18. The Kier molecular flexibility index (Phi) is 5.80. The van der Waals surface area contributed by atoms with Gasteiger partial charge in [-0.25, -0.2) is 13.1 Å². The zero-order valence-electron chi connectivity index (χ0n) is 14.4. The molecule has 0 aliphatic carbocycles. The van der Waals surface area contributed by atoms with Crippen molar-refractivity contribution in [1.29, 1.82) is 0 Å². The van der Waals surface area contributed by atoms with Crippen molar-refractivity contribution in [2.75, 3.05) is 32.1 Å². The summed E-state index contributed by atoms with van der Waals surface area (Å²) in [5.74, 6) is 0. The molecule has 0 atom stereocenters. The molecule has 2 rings (SSSR count). The molecule has 0 saturated carbocycles. The smallest absolute Gasteiger partial charge is 0.241 e. The van der Waals surface area contributed by atoms with Crippen molar-refractivity contribution in [2.24, 2.45) is 5.16 Å². The molecule has 0 radical (unpaired) electrons. The maximum Gasteiger partial charge on any atom is 0.241 e. The number of hydrogen-bond donors (Lipinski definition) is 1. The Labute approximate surface area is 143 Å². The quantitative estimate of drug-likeness (QED) is 0.474. The summed E-state index contributed by atoms with van der Waals surface area (Å²) >= 11 is 0. The summed E-state index contributed by atoms with van der Waals surface area (Å²) < 4.78 is 27.8. The number of nitrogens with zero attached hydrogens (tertiary/aromatic N) is 2. The first-order chi connectivity index (χ1) is 11.3. The number of rotatable bonds is 7. The van der Waals surface area contributed by atoms with Crippen LogP contribution in [-0.4, -0.2) is 41.4 Å². The first kappa shape index (κ1) is 18.2. The lowest BCUT2D eigenvalue weighted by Crippen LogP contribution is -2.27. The molecule has 24 heavy (non-hydrogen) atoms. The number of anilines is 1. The Morgan fingerprint density at radius 2 is 1.79 bits per heavy atom. The molecule has 0 heterocycles. The van der Waals surface area contributed by atoms with E-state index in [9.17, 15) is 8.42 Å². The van der Waals surface area contributed by atoms with Gasteiger partial charge in [0.05, 0.1) is 10.6 Å². The van der Waals surface area contributed by atoms with E-state index in [4.69, 9.17) is 4.84 Å². The van der Waals surface area contributed by atoms with Crippen LogP contribution in [0.25, 0.3) is 10.8 Å². The van der Waals surface area contributed by atoms with Crippen LogP contribution in [-0.2, 0) is 14.9 Å². The second-order valence-electron chi connectivity index (χ2n) is 5.79. The van der Waals surface area contributed by atoms with E-state index in [0.29, 0.717) is 5.39 Å². The van der Waals surface area contributed by atoms with Gasteiger partial charge in [-0.05, 0) is 26.0 Å². The lowest BCUT2D eigenvalue weighted by atomic mass is 10.1. The predicted molar refractivity (Wildman–Crippen MR) is 98.2 cm³/mol. The van der Waals surface area contributed by atoms with E-state index in [2.05, 4.69) is 9.88 Å². The van der Waals surface area contributed by atoms with Crippen LogP contribution in [0.5, 0.6) is 0 Å². The number of oxime groups is 1. The van der Waals surface area contributed by atoms with Crippen molar-refractivity contribution in [1.82, 2.24) is 4.72 Å². The molecule has 2 aromatic carbocycles. The third-order valence-corrected chi connectivity index (χ3v) is 4.88. The lowest BCUT2D eigenvalue weighted by molar-refractivity contribution is 0.149. The summed E-state index contributed by atoms with van der Waals surface area (Å²) in [6.07, 6.45) is 0. The molecular formula is C17H23N3O3S. The number of hydrogen-bond acceptors (Lipinski definition) is 5. The van der Waals surface area contributed by atoms with Crippen molar-refractivity contribution in [3.05, 3.63) is 36.4 Å². The largest absolute Gasteiger partial charge is 0.394 e. The number of fused-ring (bicyclic) bond motifs is 1. The van der Waals surface area contributed by atoms with Crippen LogP contribution in [0.15, 0.2) is 46.4 Å². The summed E-state index contributed by atoms with van der Waals surface area (Å²) in [7, 11) is 0.238. The van der Waals surface area contributed by atoms with Crippen LogP contribution in [0.2, 0.25) is 0 Å².